The summed E-state index contributed by atoms with van der Waals surface area (Å²) in [6, 6.07) is 8.09. The third-order valence-corrected chi connectivity index (χ3v) is 4.25. The quantitative estimate of drug-likeness (QED) is 0.845. The van der Waals surface area contributed by atoms with Gasteiger partial charge in [-0.05, 0) is 36.8 Å². The molecule has 0 radical (unpaired) electrons. The molecule has 2 rings (SSSR count). The summed E-state index contributed by atoms with van der Waals surface area (Å²) < 4.78 is 0. The van der Waals surface area contributed by atoms with Crippen molar-refractivity contribution >= 4 is 11.9 Å². The summed E-state index contributed by atoms with van der Waals surface area (Å²) in [6.45, 7) is 2.11. The number of benzene rings is 1. The predicted octanol–water partition coefficient (Wildman–Crippen LogP) is 2.55. The average Bonchev–Trinajstić information content (AvgIpc) is 2.94. The second kappa shape index (κ2) is 7.25. The summed E-state index contributed by atoms with van der Waals surface area (Å²) in [7, 11) is 0. The highest BCUT2D eigenvalue weighted by Crippen LogP contribution is 2.25. The lowest BCUT2D eigenvalue weighted by Crippen LogP contribution is -2.40. The molecule has 21 heavy (non-hydrogen) atoms. The molecule has 4 nitrogen and oxygen atoms in total. The fourth-order valence-corrected chi connectivity index (χ4v) is 2.91. The monoisotopic (exact) mass is 289 g/mol. The Bertz CT molecular complexity index is 495. The Kier molecular flexibility index (Phi) is 5.37. The molecule has 2 atom stereocenters. The van der Waals surface area contributed by atoms with E-state index in [-0.39, 0.29) is 11.9 Å². The highest BCUT2D eigenvalue weighted by Gasteiger charge is 2.33. The molecule has 0 aliphatic heterocycles. The van der Waals surface area contributed by atoms with Crippen molar-refractivity contribution in [2.75, 3.05) is 0 Å². The minimum absolute atomic E-state index is 0.0484. The van der Waals surface area contributed by atoms with Gasteiger partial charge in [-0.25, -0.2) is 0 Å². The number of hydrogen-bond donors (Lipinski definition) is 2. The molecule has 2 N–H and O–H groups in total. The molecule has 0 saturated heterocycles. The predicted molar refractivity (Wildman–Crippen MR) is 81.0 cm³/mol. The van der Waals surface area contributed by atoms with Gasteiger partial charge in [-0.3, -0.25) is 9.59 Å². The van der Waals surface area contributed by atoms with Crippen molar-refractivity contribution in [2.45, 2.75) is 51.5 Å². The first-order valence-electron chi connectivity index (χ1n) is 7.70. The highest BCUT2D eigenvalue weighted by atomic mass is 16.4. The van der Waals surface area contributed by atoms with Gasteiger partial charge in [-0.1, -0.05) is 37.6 Å². The van der Waals surface area contributed by atoms with Crippen LogP contribution in [0.3, 0.4) is 0 Å². The normalized spacial score (nSPS) is 21.2. The summed E-state index contributed by atoms with van der Waals surface area (Å²) in [5, 5.41) is 12.0. The van der Waals surface area contributed by atoms with E-state index in [2.05, 4.69) is 36.5 Å². The topological polar surface area (TPSA) is 66.4 Å². The second-order valence-electron chi connectivity index (χ2n) is 5.72. The molecule has 114 valence electrons. The van der Waals surface area contributed by atoms with Crippen LogP contribution in [0.2, 0.25) is 0 Å². The van der Waals surface area contributed by atoms with Gasteiger partial charge in [0.05, 0.1) is 5.92 Å². The van der Waals surface area contributed by atoms with Crippen molar-refractivity contribution in [3.63, 3.8) is 0 Å². The fourth-order valence-electron chi connectivity index (χ4n) is 2.91. The molecule has 1 aromatic rings. The largest absolute Gasteiger partial charge is 0.481 e. The number of amides is 1. The molecule has 1 saturated carbocycles. The van der Waals surface area contributed by atoms with Crippen LogP contribution < -0.4 is 5.32 Å². The maximum absolute atomic E-state index is 12.0. The molecule has 1 aliphatic carbocycles. The fraction of sp³-hybridized carbons (Fsp3) is 0.529. The average molecular weight is 289 g/mol. The zero-order valence-corrected chi connectivity index (χ0v) is 12.5. The maximum Gasteiger partial charge on any atom is 0.308 e. The number of carbonyl (C=O) groups is 2. The Morgan fingerprint density at radius 3 is 2.48 bits per heavy atom. The van der Waals surface area contributed by atoms with E-state index >= 15 is 0 Å². The Morgan fingerprint density at radius 1 is 1.19 bits per heavy atom. The highest BCUT2D eigenvalue weighted by molar-refractivity contribution is 5.78. The molecule has 1 fully saturated rings. The minimum Gasteiger partial charge on any atom is -0.481 e. The first kappa shape index (κ1) is 15.5. The van der Waals surface area contributed by atoms with Crippen molar-refractivity contribution < 1.29 is 14.7 Å². The number of carbonyl (C=O) groups excluding carboxylic acids is 1. The molecule has 0 bridgehead atoms. The van der Waals surface area contributed by atoms with Crippen LogP contribution in [0.1, 0.15) is 43.7 Å². The van der Waals surface area contributed by atoms with Gasteiger partial charge in [-0.2, -0.15) is 0 Å². The van der Waals surface area contributed by atoms with E-state index in [1.54, 1.807) is 0 Å². The van der Waals surface area contributed by atoms with Crippen LogP contribution in [0.5, 0.6) is 0 Å². The Morgan fingerprint density at radius 2 is 1.86 bits per heavy atom. The minimum atomic E-state index is -0.798. The van der Waals surface area contributed by atoms with E-state index in [0.717, 1.165) is 24.8 Å². The van der Waals surface area contributed by atoms with Crippen molar-refractivity contribution in [1.29, 1.82) is 0 Å². The van der Waals surface area contributed by atoms with Gasteiger partial charge < -0.3 is 10.4 Å². The lowest BCUT2D eigenvalue weighted by atomic mass is 10.0. The van der Waals surface area contributed by atoms with Crippen LogP contribution in [-0.4, -0.2) is 23.0 Å². The number of carboxylic acids is 1. The van der Waals surface area contributed by atoms with E-state index in [9.17, 15) is 9.59 Å². The summed E-state index contributed by atoms with van der Waals surface area (Å²) in [6.07, 6.45) is 4.43. The van der Waals surface area contributed by atoms with E-state index in [4.69, 9.17) is 5.11 Å². The van der Waals surface area contributed by atoms with Gasteiger partial charge in [-0.15, -0.1) is 0 Å². The lowest BCUT2D eigenvalue weighted by molar-refractivity contribution is -0.142. The first-order chi connectivity index (χ1) is 10.1. The summed E-state index contributed by atoms with van der Waals surface area (Å²) in [5.74, 6) is -1.27. The number of rotatable bonds is 6. The standard InChI is InChI=1S/C17H23NO3/c1-2-12-6-8-13(9-7-12)10-11-16(19)18-15-5-3-4-14(15)17(20)21/h6-9,14-15H,2-5,10-11H2,1H3,(H,18,19)(H,20,21). The van der Waals surface area contributed by atoms with E-state index in [1.165, 1.54) is 5.56 Å². The van der Waals surface area contributed by atoms with Crippen molar-refractivity contribution in [1.82, 2.24) is 5.32 Å². The van der Waals surface area contributed by atoms with Crippen LogP contribution in [-0.2, 0) is 22.4 Å². The number of carboxylic acid groups (broad SMARTS) is 1. The van der Waals surface area contributed by atoms with E-state index in [1.807, 2.05) is 0 Å². The summed E-state index contributed by atoms with van der Waals surface area (Å²) in [5.41, 5.74) is 2.43. The number of aryl methyl sites for hydroxylation is 2. The van der Waals surface area contributed by atoms with Crippen LogP contribution in [0.25, 0.3) is 0 Å². The molecule has 1 amide bonds. The maximum atomic E-state index is 12.0. The van der Waals surface area contributed by atoms with Crippen LogP contribution in [0.4, 0.5) is 0 Å². The van der Waals surface area contributed by atoms with Crippen LogP contribution in [0, 0.1) is 5.92 Å². The molecule has 0 spiro atoms. The smallest absolute Gasteiger partial charge is 0.308 e. The first-order valence-corrected chi connectivity index (χ1v) is 7.70. The van der Waals surface area contributed by atoms with Crippen molar-refractivity contribution in [3.8, 4) is 0 Å². The van der Waals surface area contributed by atoms with Gasteiger partial charge in [0.25, 0.3) is 0 Å². The number of nitrogens with one attached hydrogen (secondary N) is 1. The molecular weight excluding hydrogens is 266 g/mol. The lowest BCUT2D eigenvalue weighted by Gasteiger charge is -2.17. The Hall–Kier alpha value is -1.84. The molecule has 1 aromatic carbocycles. The van der Waals surface area contributed by atoms with Gasteiger partial charge in [0.2, 0.25) is 5.91 Å². The zero-order chi connectivity index (χ0) is 15.2. The van der Waals surface area contributed by atoms with E-state index in [0.29, 0.717) is 19.3 Å². The van der Waals surface area contributed by atoms with Crippen molar-refractivity contribution in [3.05, 3.63) is 35.4 Å². The van der Waals surface area contributed by atoms with Crippen molar-refractivity contribution in [2.24, 2.45) is 5.92 Å². The summed E-state index contributed by atoms with van der Waals surface area (Å²) >= 11 is 0. The Labute approximate surface area is 125 Å². The molecule has 0 heterocycles. The molecule has 4 heteroatoms. The van der Waals surface area contributed by atoms with Gasteiger partial charge in [0.1, 0.15) is 0 Å². The third-order valence-electron chi connectivity index (χ3n) is 4.25. The van der Waals surface area contributed by atoms with Gasteiger partial charge in [0.15, 0.2) is 0 Å². The second-order valence-corrected chi connectivity index (χ2v) is 5.72. The molecular formula is C17H23NO3. The molecule has 1 aliphatic rings. The van der Waals surface area contributed by atoms with Gasteiger partial charge >= 0.3 is 5.97 Å². The Balaban J connectivity index is 1.80. The molecule has 0 aromatic heterocycles. The van der Waals surface area contributed by atoms with Crippen LogP contribution in [0.15, 0.2) is 24.3 Å². The third kappa shape index (κ3) is 4.31. The van der Waals surface area contributed by atoms with Crippen LogP contribution >= 0.6 is 0 Å². The number of aliphatic carboxylic acids is 1. The summed E-state index contributed by atoms with van der Waals surface area (Å²) in [4.78, 5) is 23.0. The SMILES string of the molecule is CCc1ccc(CCC(=O)NC2CCCC2C(=O)O)cc1. The zero-order valence-electron chi connectivity index (χ0n) is 12.5. The van der Waals surface area contributed by atoms with E-state index < -0.39 is 11.9 Å². The van der Waals surface area contributed by atoms with Gasteiger partial charge in [0, 0.05) is 12.5 Å². The number of hydrogen-bond acceptors (Lipinski definition) is 2. The molecule has 2 unspecified atom stereocenters.